The number of halogens is 1. The monoisotopic (exact) mass is 546 g/mol. The zero-order valence-electron chi connectivity index (χ0n) is 20.5. The van der Waals surface area contributed by atoms with E-state index in [0.717, 1.165) is 11.1 Å². The summed E-state index contributed by atoms with van der Waals surface area (Å²) in [6.07, 6.45) is 5.74. The van der Waals surface area contributed by atoms with E-state index in [9.17, 15) is 9.59 Å². The first-order chi connectivity index (χ1) is 16.5. The molecule has 1 fully saturated rings. The van der Waals surface area contributed by atoms with Crippen LogP contribution in [-0.2, 0) is 9.53 Å². The molecule has 0 aromatic carbocycles. The summed E-state index contributed by atoms with van der Waals surface area (Å²) in [4.78, 5) is 32.5. The Balaban J connectivity index is 1.71. The molecule has 4 heterocycles. The van der Waals surface area contributed by atoms with Crippen molar-refractivity contribution in [1.29, 1.82) is 0 Å². The van der Waals surface area contributed by atoms with E-state index in [1.807, 2.05) is 13.8 Å². The number of nitrogen functional groups attached to an aromatic ring is 1. The number of carbonyl (C=O) groups is 2. The van der Waals surface area contributed by atoms with Crippen molar-refractivity contribution in [3.63, 3.8) is 0 Å². The minimum absolute atomic E-state index is 0.0399. The van der Waals surface area contributed by atoms with Gasteiger partial charge in [-0.05, 0) is 63.4 Å². The van der Waals surface area contributed by atoms with Crippen LogP contribution in [0.5, 0.6) is 0 Å². The van der Waals surface area contributed by atoms with Crippen LogP contribution in [0.25, 0.3) is 16.8 Å². The van der Waals surface area contributed by atoms with Crippen molar-refractivity contribution in [3.05, 3.63) is 28.8 Å². The lowest BCUT2D eigenvalue weighted by molar-refractivity contribution is -0.128. The number of hydrogen-bond acceptors (Lipinski definition) is 7. The van der Waals surface area contributed by atoms with Gasteiger partial charge in [0.1, 0.15) is 17.5 Å². The van der Waals surface area contributed by atoms with E-state index in [-0.39, 0.29) is 24.4 Å². The van der Waals surface area contributed by atoms with Crippen LogP contribution in [-0.4, -0.2) is 65.9 Å². The summed E-state index contributed by atoms with van der Waals surface area (Å²) in [5.41, 5.74) is 8.65. The molecule has 3 aromatic rings. The van der Waals surface area contributed by atoms with E-state index in [1.165, 1.54) is 4.90 Å². The van der Waals surface area contributed by atoms with Crippen molar-refractivity contribution in [2.45, 2.75) is 71.1 Å². The average molecular weight is 547 g/mol. The topological polar surface area (TPSA) is 144 Å². The van der Waals surface area contributed by atoms with Gasteiger partial charge in [-0.15, -0.1) is 0 Å². The lowest BCUT2D eigenvalue weighted by Crippen LogP contribution is -2.55. The van der Waals surface area contributed by atoms with E-state index in [0.29, 0.717) is 34.5 Å². The third kappa shape index (κ3) is 5.12. The number of piperidine rings is 1. The molecule has 0 saturated carbocycles. The van der Waals surface area contributed by atoms with Crippen LogP contribution >= 0.6 is 15.9 Å². The second kappa shape index (κ2) is 9.48. The quantitative estimate of drug-likeness (QED) is 0.454. The average Bonchev–Trinajstić information content (AvgIpc) is 3.44. The van der Waals surface area contributed by atoms with Gasteiger partial charge in [0.05, 0.1) is 22.6 Å². The molecule has 1 aliphatic rings. The van der Waals surface area contributed by atoms with Gasteiger partial charge in [-0.2, -0.15) is 14.7 Å². The summed E-state index contributed by atoms with van der Waals surface area (Å²) in [7, 11) is 0. The van der Waals surface area contributed by atoms with Crippen molar-refractivity contribution in [3.8, 4) is 11.1 Å². The van der Waals surface area contributed by atoms with Crippen LogP contribution in [0.1, 0.15) is 59.1 Å². The molecule has 35 heavy (non-hydrogen) atoms. The number of carbonyl (C=O) groups excluding carboxylic acids is 2. The number of amides is 2. The summed E-state index contributed by atoms with van der Waals surface area (Å²) in [5.74, 6) is 0.0481. The second-order valence-electron chi connectivity index (χ2n) is 10.1. The van der Waals surface area contributed by atoms with Gasteiger partial charge in [-0.3, -0.25) is 14.8 Å². The zero-order chi connectivity index (χ0) is 25.5. The predicted octanol–water partition coefficient (Wildman–Crippen LogP) is 3.47. The normalized spacial score (nSPS) is 18.8. The highest BCUT2D eigenvalue weighted by Gasteiger charge is 2.40. The molecular formula is C23H31BrN8O3. The Morgan fingerprint density at radius 2 is 2.03 bits per heavy atom. The Morgan fingerprint density at radius 1 is 1.29 bits per heavy atom. The molecular weight excluding hydrogens is 516 g/mol. The van der Waals surface area contributed by atoms with E-state index in [1.54, 1.807) is 43.9 Å². The molecule has 12 heteroatoms. The molecule has 3 aromatic heterocycles. The molecule has 0 radical (unpaired) electrons. The molecule has 1 aliphatic heterocycles. The van der Waals surface area contributed by atoms with Crippen LogP contribution < -0.4 is 11.1 Å². The molecule has 2 atom stereocenters. The first-order valence-corrected chi connectivity index (χ1v) is 12.4. The molecule has 4 N–H and O–H groups in total. The van der Waals surface area contributed by atoms with Crippen LogP contribution in [0.2, 0.25) is 0 Å². The molecule has 188 valence electrons. The Morgan fingerprint density at radius 3 is 2.66 bits per heavy atom. The Labute approximate surface area is 211 Å². The van der Waals surface area contributed by atoms with Gasteiger partial charge in [0.15, 0.2) is 5.65 Å². The number of nitrogens with two attached hydrogens (primary N) is 1. The minimum Gasteiger partial charge on any atom is -0.444 e. The summed E-state index contributed by atoms with van der Waals surface area (Å²) < 4.78 is 7.84. The maximum Gasteiger partial charge on any atom is 0.410 e. The van der Waals surface area contributed by atoms with Gasteiger partial charge in [0.2, 0.25) is 5.91 Å². The first kappa shape index (κ1) is 25.0. The number of fused-ring (bicyclic) bond motifs is 1. The lowest BCUT2D eigenvalue weighted by Gasteiger charge is -2.39. The molecule has 0 bridgehead atoms. The number of rotatable bonds is 4. The highest BCUT2D eigenvalue weighted by atomic mass is 79.9. The van der Waals surface area contributed by atoms with Gasteiger partial charge in [-0.1, -0.05) is 0 Å². The number of nitrogens with zero attached hydrogens (tertiary/aromatic N) is 5. The Kier molecular flexibility index (Phi) is 6.76. The summed E-state index contributed by atoms with van der Waals surface area (Å²) in [6, 6.07) is -0.665. The number of anilines is 1. The predicted molar refractivity (Wildman–Crippen MR) is 135 cm³/mol. The third-order valence-corrected chi connectivity index (χ3v) is 6.60. The summed E-state index contributed by atoms with van der Waals surface area (Å²) >= 11 is 3.60. The van der Waals surface area contributed by atoms with Crippen molar-refractivity contribution in [2.75, 3.05) is 12.3 Å². The number of likely N-dealkylation sites (tertiary alicyclic amines) is 1. The minimum atomic E-state index is -0.692. The van der Waals surface area contributed by atoms with E-state index < -0.39 is 17.7 Å². The zero-order valence-corrected chi connectivity index (χ0v) is 22.1. The fourth-order valence-electron chi connectivity index (χ4n) is 4.26. The number of hydrogen-bond donors (Lipinski definition) is 3. The largest absolute Gasteiger partial charge is 0.444 e. The fourth-order valence-corrected chi connectivity index (χ4v) is 4.84. The van der Waals surface area contributed by atoms with Crippen LogP contribution in [0.15, 0.2) is 23.1 Å². The SMILES string of the molecule is CC(C)NC(=O)[C@@H]1CC[C@H](c2nc3c(-c4cn[nH]c4)cnn3c(N)c2Br)CN1C(=O)OC(C)(C)C. The number of aromatic nitrogens is 5. The Bertz CT molecular complexity index is 1230. The Hall–Kier alpha value is -3.15. The van der Waals surface area contributed by atoms with Gasteiger partial charge in [-0.25, -0.2) is 9.78 Å². The fraction of sp³-hybridized carbons (Fsp3) is 0.522. The molecule has 4 rings (SSSR count). The molecule has 1 saturated heterocycles. The molecule has 2 amide bonds. The smallest absolute Gasteiger partial charge is 0.410 e. The number of ether oxygens (including phenoxy) is 1. The highest BCUT2D eigenvalue weighted by molar-refractivity contribution is 9.10. The van der Waals surface area contributed by atoms with Crippen LogP contribution in [0.3, 0.4) is 0 Å². The first-order valence-electron chi connectivity index (χ1n) is 11.6. The molecule has 0 aliphatic carbocycles. The van der Waals surface area contributed by atoms with Gasteiger partial charge < -0.3 is 15.8 Å². The second-order valence-corrected chi connectivity index (χ2v) is 10.9. The van der Waals surface area contributed by atoms with Gasteiger partial charge in [0, 0.05) is 35.8 Å². The highest BCUT2D eigenvalue weighted by Crippen LogP contribution is 2.38. The maximum absolute atomic E-state index is 13.2. The van der Waals surface area contributed by atoms with Crippen molar-refractivity contribution >= 4 is 39.4 Å². The summed E-state index contributed by atoms with van der Waals surface area (Å²) in [5, 5.41) is 14.1. The molecule has 0 spiro atoms. The van der Waals surface area contributed by atoms with E-state index in [2.05, 4.69) is 36.5 Å². The van der Waals surface area contributed by atoms with Crippen molar-refractivity contribution < 1.29 is 14.3 Å². The number of aromatic amines is 1. The van der Waals surface area contributed by atoms with Gasteiger partial charge >= 0.3 is 6.09 Å². The molecule has 0 unspecified atom stereocenters. The van der Waals surface area contributed by atoms with Crippen molar-refractivity contribution in [2.24, 2.45) is 0 Å². The number of H-pyrrole nitrogens is 1. The molecule has 11 nitrogen and oxygen atoms in total. The van der Waals surface area contributed by atoms with Gasteiger partial charge in [0.25, 0.3) is 0 Å². The maximum atomic E-state index is 13.2. The summed E-state index contributed by atoms with van der Waals surface area (Å²) in [6.45, 7) is 9.46. The lowest BCUT2D eigenvalue weighted by atomic mass is 9.89. The van der Waals surface area contributed by atoms with Crippen LogP contribution in [0, 0.1) is 0 Å². The van der Waals surface area contributed by atoms with Crippen LogP contribution in [0.4, 0.5) is 10.6 Å². The number of nitrogens with one attached hydrogen (secondary N) is 2. The van der Waals surface area contributed by atoms with Crippen molar-refractivity contribution in [1.82, 2.24) is 35.0 Å². The van der Waals surface area contributed by atoms with E-state index in [4.69, 9.17) is 15.5 Å². The standard InChI is InChI=1S/C23H31BrN8O3/c1-12(2)29-21(33)16-7-6-13(11-31(16)22(34)35-23(3,4)5)18-17(24)19(25)32-20(30-18)15(10-28-32)14-8-26-27-9-14/h8-10,12-13,16H,6-7,11,25H2,1-5H3,(H,26,27)(H,29,33)/t13-,16-/m0/s1. The van der Waals surface area contributed by atoms with E-state index >= 15 is 0 Å². The third-order valence-electron chi connectivity index (χ3n) is 5.79.